The minimum absolute atomic E-state index is 0.0798. The van der Waals surface area contributed by atoms with E-state index in [0.717, 1.165) is 31.8 Å². The van der Waals surface area contributed by atoms with Crippen LogP contribution in [0.5, 0.6) is 0 Å². The summed E-state index contributed by atoms with van der Waals surface area (Å²) in [5, 5.41) is 0.634. The van der Waals surface area contributed by atoms with E-state index in [9.17, 15) is 18.0 Å². The molecule has 10 heteroatoms. The number of amides is 1. The van der Waals surface area contributed by atoms with E-state index >= 15 is 0 Å². The van der Waals surface area contributed by atoms with E-state index in [0.29, 0.717) is 50.1 Å². The van der Waals surface area contributed by atoms with Gasteiger partial charge in [-0.3, -0.25) is 14.5 Å². The Morgan fingerprint density at radius 3 is 2.37 bits per heavy atom. The maximum absolute atomic E-state index is 13.1. The molecule has 0 radical (unpaired) electrons. The number of benzene rings is 2. The van der Waals surface area contributed by atoms with Gasteiger partial charge in [0, 0.05) is 66.7 Å². The summed E-state index contributed by atoms with van der Waals surface area (Å²) in [6.07, 6.45) is 3.61. The monoisotopic (exact) mass is 550 g/mol. The van der Waals surface area contributed by atoms with Crippen molar-refractivity contribution in [3.05, 3.63) is 92.7 Å². The fourth-order valence-corrected chi connectivity index (χ4v) is 7.11. The second-order valence-corrected chi connectivity index (χ2v) is 12.8. The summed E-state index contributed by atoms with van der Waals surface area (Å²) in [5.74, 6) is -0.487. The average molecular weight is 551 g/mol. The molecule has 2 aromatic carbocycles. The van der Waals surface area contributed by atoms with Crippen molar-refractivity contribution in [1.82, 2.24) is 13.8 Å². The van der Waals surface area contributed by atoms with E-state index in [2.05, 4.69) is 4.90 Å². The lowest BCUT2D eigenvalue weighted by Gasteiger charge is -2.32. The standard InChI is InChI=1S/C28H30N4O4S2/c1-30-18-25(21-9-6-10-22(27(29)33)23(21)15-19-7-4-3-5-8-19)26-24(28(30)34)16-20(37-26)17-31-11-13-32(14-12-31)38(2,35)36/h3-10,16,18H,11-15,17H2,1-2H3,(H2,29,33). The fourth-order valence-electron chi connectivity index (χ4n) is 5.07. The number of pyridine rings is 1. The Labute approximate surface area is 226 Å². The lowest BCUT2D eigenvalue weighted by atomic mass is 9.91. The van der Waals surface area contributed by atoms with Crippen molar-refractivity contribution < 1.29 is 13.2 Å². The van der Waals surface area contributed by atoms with Gasteiger partial charge in [0.15, 0.2) is 0 Å². The number of thiophene rings is 1. The zero-order valence-corrected chi connectivity index (χ0v) is 23.0. The molecule has 8 nitrogen and oxygen atoms in total. The summed E-state index contributed by atoms with van der Waals surface area (Å²) < 4.78 is 27.7. The van der Waals surface area contributed by atoms with Crippen molar-refractivity contribution >= 4 is 37.4 Å². The molecule has 1 aliphatic rings. The first-order valence-electron chi connectivity index (χ1n) is 12.4. The lowest BCUT2D eigenvalue weighted by Crippen LogP contribution is -2.47. The molecule has 1 aliphatic heterocycles. The minimum atomic E-state index is -3.19. The molecule has 2 aromatic heterocycles. The van der Waals surface area contributed by atoms with E-state index in [4.69, 9.17) is 5.73 Å². The van der Waals surface area contributed by atoms with E-state index in [1.54, 1.807) is 29.0 Å². The Hall–Kier alpha value is -3.31. The zero-order valence-electron chi connectivity index (χ0n) is 21.4. The second-order valence-electron chi connectivity index (χ2n) is 9.71. The predicted octanol–water partition coefficient (Wildman–Crippen LogP) is 3.03. The van der Waals surface area contributed by atoms with Crippen LogP contribution >= 0.6 is 11.3 Å². The number of primary amides is 1. The van der Waals surface area contributed by atoms with Gasteiger partial charge in [-0.15, -0.1) is 11.3 Å². The molecule has 0 bridgehead atoms. The van der Waals surface area contributed by atoms with Crippen LogP contribution in [0.1, 0.15) is 26.4 Å². The van der Waals surface area contributed by atoms with Gasteiger partial charge in [0.1, 0.15) is 0 Å². The van der Waals surface area contributed by atoms with Crippen molar-refractivity contribution in [2.24, 2.45) is 12.8 Å². The van der Waals surface area contributed by atoms with Crippen molar-refractivity contribution in [1.29, 1.82) is 0 Å². The molecule has 0 spiro atoms. The smallest absolute Gasteiger partial charge is 0.259 e. The van der Waals surface area contributed by atoms with Crippen LogP contribution in [0.3, 0.4) is 0 Å². The van der Waals surface area contributed by atoms with E-state index in [-0.39, 0.29) is 5.56 Å². The number of sulfonamides is 1. The number of aryl methyl sites for hydroxylation is 1. The van der Waals surface area contributed by atoms with Gasteiger partial charge in [-0.05, 0) is 35.2 Å². The zero-order chi connectivity index (χ0) is 27.0. The first-order chi connectivity index (χ1) is 18.1. The van der Waals surface area contributed by atoms with Gasteiger partial charge < -0.3 is 10.3 Å². The SMILES string of the molecule is Cn1cc(-c2cccc(C(N)=O)c2Cc2ccccc2)c2sc(CN3CCN(S(C)(=O)=O)CC3)cc2c1=O. The summed E-state index contributed by atoms with van der Waals surface area (Å²) >= 11 is 1.57. The normalized spacial score (nSPS) is 15.2. The van der Waals surface area contributed by atoms with Crippen LogP contribution < -0.4 is 11.3 Å². The third-order valence-electron chi connectivity index (χ3n) is 7.04. The Bertz CT molecular complexity index is 1670. The number of carbonyl (C=O) groups is 1. The van der Waals surface area contributed by atoms with Crippen LogP contribution in [-0.2, 0) is 30.0 Å². The van der Waals surface area contributed by atoms with Gasteiger partial charge in [-0.2, -0.15) is 4.31 Å². The molecule has 0 aliphatic carbocycles. The average Bonchev–Trinajstić information content (AvgIpc) is 3.31. The van der Waals surface area contributed by atoms with Gasteiger partial charge in [0.05, 0.1) is 11.6 Å². The number of carbonyl (C=O) groups excluding carboxylic acids is 1. The van der Waals surface area contributed by atoms with E-state index in [1.165, 1.54) is 10.6 Å². The molecule has 2 N–H and O–H groups in total. The highest BCUT2D eigenvalue weighted by atomic mass is 32.2. The van der Waals surface area contributed by atoms with Crippen LogP contribution in [0, 0.1) is 0 Å². The molecule has 3 heterocycles. The summed E-state index contributed by atoms with van der Waals surface area (Å²) in [6.45, 7) is 2.82. The first-order valence-corrected chi connectivity index (χ1v) is 15.0. The lowest BCUT2D eigenvalue weighted by molar-refractivity contribution is 0.0999. The van der Waals surface area contributed by atoms with Crippen LogP contribution in [0.15, 0.2) is 65.6 Å². The summed E-state index contributed by atoms with van der Waals surface area (Å²) in [4.78, 5) is 28.8. The summed E-state index contributed by atoms with van der Waals surface area (Å²) in [5.41, 5.74) is 9.83. The van der Waals surface area contributed by atoms with Crippen molar-refractivity contribution in [3.63, 3.8) is 0 Å². The number of nitrogens with zero attached hydrogens (tertiary/aromatic N) is 3. The minimum Gasteiger partial charge on any atom is -0.366 e. The molecule has 1 amide bonds. The molecule has 198 valence electrons. The first kappa shape index (κ1) is 26.3. The summed E-state index contributed by atoms with van der Waals surface area (Å²) in [7, 11) is -1.46. The topological polar surface area (TPSA) is 106 Å². The Morgan fingerprint density at radius 2 is 1.71 bits per heavy atom. The molecule has 4 aromatic rings. The number of fused-ring (bicyclic) bond motifs is 1. The number of aromatic nitrogens is 1. The Morgan fingerprint density at radius 1 is 1.00 bits per heavy atom. The maximum atomic E-state index is 13.1. The Balaban J connectivity index is 1.56. The molecular weight excluding hydrogens is 520 g/mol. The van der Waals surface area contributed by atoms with Crippen LogP contribution in [0.25, 0.3) is 21.2 Å². The fraction of sp³-hybridized carbons (Fsp3) is 0.286. The predicted molar refractivity (Wildman–Crippen MR) is 152 cm³/mol. The molecular formula is C28H30N4O4S2. The van der Waals surface area contributed by atoms with Gasteiger partial charge in [-0.1, -0.05) is 42.5 Å². The molecule has 0 unspecified atom stereocenters. The number of rotatable bonds is 7. The van der Waals surface area contributed by atoms with E-state index in [1.807, 2.05) is 54.7 Å². The largest absolute Gasteiger partial charge is 0.366 e. The van der Waals surface area contributed by atoms with Crippen LogP contribution in [0.4, 0.5) is 0 Å². The second kappa shape index (κ2) is 10.5. The molecule has 38 heavy (non-hydrogen) atoms. The molecule has 0 saturated carbocycles. The third kappa shape index (κ3) is 5.30. The highest BCUT2D eigenvalue weighted by molar-refractivity contribution is 7.88. The highest BCUT2D eigenvalue weighted by Crippen LogP contribution is 2.37. The maximum Gasteiger partial charge on any atom is 0.259 e. The highest BCUT2D eigenvalue weighted by Gasteiger charge is 2.24. The van der Waals surface area contributed by atoms with Gasteiger partial charge >= 0.3 is 0 Å². The number of piperazine rings is 1. The number of hydrogen-bond donors (Lipinski definition) is 1. The van der Waals surface area contributed by atoms with Gasteiger partial charge in [0.2, 0.25) is 15.9 Å². The van der Waals surface area contributed by atoms with Crippen molar-refractivity contribution in [3.8, 4) is 11.1 Å². The van der Waals surface area contributed by atoms with Crippen LogP contribution in [-0.4, -0.2) is 60.5 Å². The molecule has 1 fully saturated rings. The van der Waals surface area contributed by atoms with Gasteiger partial charge in [-0.25, -0.2) is 8.42 Å². The number of nitrogens with two attached hydrogens (primary N) is 1. The molecule has 5 rings (SSSR count). The van der Waals surface area contributed by atoms with Gasteiger partial charge in [0.25, 0.3) is 5.56 Å². The molecule has 1 saturated heterocycles. The van der Waals surface area contributed by atoms with E-state index < -0.39 is 15.9 Å². The Kier molecular flexibility index (Phi) is 7.23. The summed E-state index contributed by atoms with van der Waals surface area (Å²) in [6, 6.07) is 17.4. The number of hydrogen-bond acceptors (Lipinski definition) is 6. The van der Waals surface area contributed by atoms with Crippen molar-refractivity contribution in [2.45, 2.75) is 13.0 Å². The van der Waals surface area contributed by atoms with Crippen molar-refractivity contribution in [2.75, 3.05) is 32.4 Å². The molecule has 0 atom stereocenters. The third-order valence-corrected chi connectivity index (χ3v) is 9.49. The quantitative estimate of drug-likeness (QED) is 0.381. The van der Waals surface area contributed by atoms with Crippen LogP contribution in [0.2, 0.25) is 0 Å².